The van der Waals surface area contributed by atoms with Crippen LogP contribution in [0.3, 0.4) is 0 Å². The fourth-order valence-electron chi connectivity index (χ4n) is 2.64. The van der Waals surface area contributed by atoms with Gasteiger partial charge in [-0.15, -0.1) is 0 Å². The predicted molar refractivity (Wildman–Crippen MR) is 92.5 cm³/mol. The summed E-state index contributed by atoms with van der Waals surface area (Å²) in [5, 5.41) is 3.59. The van der Waals surface area contributed by atoms with E-state index < -0.39 is 0 Å². The molecule has 1 aliphatic rings. The Kier molecular flexibility index (Phi) is 4.89. The van der Waals surface area contributed by atoms with Crippen molar-refractivity contribution in [3.8, 4) is 5.75 Å². The van der Waals surface area contributed by atoms with Crippen molar-refractivity contribution in [1.29, 1.82) is 0 Å². The molecule has 1 aromatic heterocycles. The van der Waals surface area contributed by atoms with Crippen LogP contribution in [0.25, 0.3) is 0 Å². The van der Waals surface area contributed by atoms with Crippen molar-refractivity contribution >= 4 is 17.7 Å². The second kappa shape index (κ2) is 7.09. The maximum Gasteiger partial charge on any atom is 0.257 e. The van der Waals surface area contributed by atoms with Crippen LogP contribution < -0.4 is 15.6 Å². The standard InChI is InChI=1S/C17H19N3O3S/c1-11-8-19-17-20(16(11)22)13(10-24-17)7-15(21)18-9-12-4-3-5-14(6-12)23-2/h3-6,8,13H,7,9-10H2,1-2H3,(H,18,21)/t13-/m1/s1. The number of carbonyl (C=O) groups is 1. The van der Waals surface area contributed by atoms with E-state index >= 15 is 0 Å². The summed E-state index contributed by atoms with van der Waals surface area (Å²) in [5.74, 6) is 1.37. The van der Waals surface area contributed by atoms with Crippen LogP contribution in [0.2, 0.25) is 0 Å². The number of amides is 1. The Morgan fingerprint density at radius 1 is 1.50 bits per heavy atom. The van der Waals surface area contributed by atoms with E-state index in [1.165, 1.54) is 11.8 Å². The lowest BCUT2D eigenvalue weighted by atomic mass is 10.2. The number of benzene rings is 1. The lowest BCUT2D eigenvalue weighted by Gasteiger charge is -2.13. The lowest BCUT2D eigenvalue weighted by molar-refractivity contribution is -0.121. The zero-order chi connectivity index (χ0) is 17.1. The van der Waals surface area contributed by atoms with Crippen molar-refractivity contribution in [2.75, 3.05) is 12.9 Å². The number of nitrogens with zero attached hydrogens (tertiary/aromatic N) is 2. The quantitative estimate of drug-likeness (QED) is 0.838. The molecule has 0 spiro atoms. The summed E-state index contributed by atoms with van der Waals surface area (Å²) in [6.45, 7) is 2.18. The van der Waals surface area contributed by atoms with Gasteiger partial charge in [0, 0.05) is 30.5 Å². The van der Waals surface area contributed by atoms with Gasteiger partial charge in [0.25, 0.3) is 5.56 Å². The van der Waals surface area contributed by atoms with Crippen LogP contribution in [0, 0.1) is 6.92 Å². The molecule has 1 aromatic carbocycles. The molecule has 126 valence electrons. The topological polar surface area (TPSA) is 73.2 Å². The first-order valence-electron chi connectivity index (χ1n) is 7.69. The third-order valence-electron chi connectivity index (χ3n) is 3.95. The van der Waals surface area contributed by atoms with Crippen LogP contribution in [-0.2, 0) is 11.3 Å². The van der Waals surface area contributed by atoms with Gasteiger partial charge in [-0.2, -0.15) is 0 Å². The second-order valence-electron chi connectivity index (χ2n) is 5.70. The zero-order valence-electron chi connectivity index (χ0n) is 13.6. The molecule has 24 heavy (non-hydrogen) atoms. The van der Waals surface area contributed by atoms with E-state index in [0.717, 1.165) is 11.3 Å². The van der Waals surface area contributed by atoms with E-state index in [-0.39, 0.29) is 23.9 Å². The Hall–Kier alpha value is -2.28. The molecule has 1 amide bonds. The number of carbonyl (C=O) groups excluding carboxylic acids is 1. The molecule has 6 nitrogen and oxygen atoms in total. The van der Waals surface area contributed by atoms with Gasteiger partial charge in [0.2, 0.25) is 5.91 Å². The highest BCUT2D eigenvalue weighted by Gasteiger charge is 2.27. The minimum absolute atomic E-state index is 0.0596. The molecular weight excluding hydrogens is 326 g/mol. The maximum atomic E-state index is 12.3. The zero-order valence-corrected chi connectivity index (χ0v) is 14.4. The molecule has 1 N–H and O–H groups in total. The molecule has 1 aliphatic heterocycles. The Bertz CT molecular complexity index is 819. The summed E-state index contributed by atoms with van der Waals surface area (Å²) in [6, 6.07) is 7.42. The van der Waals surface area contributed by atoms with E-state index in [2.05, 4.69) is 10.3 Å². The minimum Gasteiger partial charge on any atom is -0.497 e. The number of ether oxygens (including phenoxy) is 1. The molecule has 2 aromatic rings. The first-order valence-corrected chi connectivity index (χ1v) is 8.67. The molecule has 1 atom stereocenters. The maximum absolute atomic E-state index is 12.3. The number of aromatic nitrogens is 2. The van der Waals surface area contributed by atoms with Crippen LogP contribution in [-0.4, -0.2) is 28.3 Å². The second-order valence-corrected chi connectivity index (χ2v) is 6.68. The number of aryl methyl sites for hydroxylation is 1. The summed E-state index contributed by atoms with van der Waals surface area (Å²) < 4.78 is 6.82. The summed E-state index contributed by atoms with van der Waals surface area (Å²) in [6.07, 6.45) is 1.86. The van der Waals surface area contributed by atoms with Gasteiger partial charge in [-0.25, -0.2) is 4.98 Å². The Labute approximate surface area is 144 Å². The Morgan fingerprint density at radius 3 is 3.12 bits per heavy atom. The summed E-state index contributed by atoms with van der Waals surface area (Å²) in [4.78, 5) is 28.8. The highest BCUT2D eigenvalue weighted by atomic mass is 32.2. The molecule has 0 bridgehead atoms. The molecule has 0 saturated carbocycles. The van der Waals surface area contributed by atoms with Crippen LogP contribution in [0.5, 0.6) is 5.75 Å². The lowest BCUT2D eigenvalue weighted by Crippen LogP contribution is -2.31. The molecular formula is C17H19N3O3S. The Morgan fingerprint density at radius 2 is 2.33 bits per heavy atom. The van der Waals surface area contributed by atoms with E-state index in [4.69, 9.17) is 4.74 Å². The van der Waals surface area contributed by atoms with E-state index in [9.17, 15) is 9.59 Å². The predicted octanol–water partition coefficient (Wildman–Crippen LogP) is 1.91. The Balaban J connectivity index is 1.63. The third-order valence-corrected chi connectivity index (χ3v) is 5.06. The van der Waals surface area contributed by atoms with Crippen LogP contribution in [0.4, 0.5) is 0 Å². The van der Waals surface area contributed by atoms with E-state index in [1.54, 1.807) is 24.8 Å². The van der Waals surface area contributed by atoms with Gasteiger partial charge < -0.3 is 10.1 Å². The number of thioether (sulfide) groups is 1. The summed E-state index contributed by atoms with van der Waals surface area (Å²) in [5.41, 5.74) is 1.51. The number of hydrogen-bond acceptors (Lipinski definition) is 5. The molecule has 0 radical (unpaired) electrons. The fraction of sp³-hybridized carbons (Fsp3) is 0.353. The molecule has 2 heterocycles. The van der Waals surface area contributed by atoms with Crippen molar-refractivity contribution in [2.45, 2.75) is 31.1 Å². The first kappa shape index (κ1) is 16.6. The summed E-state index contributed by atoms with van der Waals surface area (Å²) >= 11 is 1.52. The van der Waals surface area contributed by atoms with Crippen LogP contribution >= 0.6 is 11.8 Å². The molecule has 0 saturated heterocycles. The highest BCUT2D eigenvalue weighted by Crippen LogP contribution is 2.31. The normalized spacial score (nSPS) is 15.8. The van der Waals surface area contributed by atoms with Crippen molar-refractivity contribution < 1.29 is 9.53 Å². The van der Waals surface area contributed by atoms with Crippen LogP contribution in [0.1, 0.15) is 23.6 Å². The summed E-state index contributed by atoms with van der Waals surface area (Å²) in [7, 11) is 1.61. The SMILES string of the molecule is COc1cccc(CNC(=O)C[C@@H]2CSc3ncc(C)c(=O)n32)c1. The largest absolute Gasteiger partial charge is 0.497 e. The van der Waals surface area contributed by atoms with Crippen molar-refractivity contribution in [2.24, 2.45) is 0 Å². The van der Waals surface area contributed by atoms with Crippen molar-refractivity contribution in [3.05, 3.63) is 51.9 Å². The number of hydrogen-bond donors (Lipinski definition) is 1. The monoisotopic (exact) mass is 345 g/mol. The van der Waals surface area contributed by atoms with Crippen molar-refractivity contribution in [3.63, 3.8) is 0 Å². The van der Waals surface area contributed by atoms with Gasteiger partial charge in [0.1, 0.15) is 5.75 Å². The van der Waals surface area contributed by atoms with Crippen LogP contribution in [0.15, 0.2) is 40.4 Å². The average Bonchev–Trinajstić information content (AvgIpc) is 3.00. The smallest absolute Gasteiger partial charge is 0.257 e. The van der Waals surface area contributed by atoms with E-state index in [1.807, 2.05) is 24.3 Å². The van der Waals surface area contributed by atoms with Gasteiger partial charge >= 0.3 is 0 Å². The number of nitrogens with one attached hydrogen (secondary N) is 1. The number of methoxy groups -OCH3 is 1. The minimum atomic E-state index is -0.143. The average molecular weight is 345 g/mol. The number of rotatable bonds is 5. The van der Waals surface area contributed by atoms with Gasteiger partial charge in [-0.1, -0.05) is 23.9 Å². The number of fused-ring (bicyclic) bond motifs is 1. The van der Waals surface area contributed by atoms with Gasteiger partial charge in [-0.3, -0.25) is 14.2 Å². The molecule has 0 fully saturated rings. The van der Waals surface area contributed by atoms with E-state index in [0.29, 0.717) is 23.0 Å². The van der Waals surface area contributed by atoms with Gasteiger partial charge in [0.15, 0.2) is 5.16 Å². The molecule has 0 aliphatic carbocycles. The molecule has 0 unspecified atom stereocenters. The molecule has 7 heteroatoms. The first-order chi connectivity index (χ1) is 11.6. The highest BCUT2D eigenvalue weighted by molar-refractivity contribution is 7.99. The fourth-order valence-corrected chi connectivity index (χ4v) is 3.75. The van der Waals surface area contributed by atoms with Gasteiger partial charge in [-0.05, 0) is 24.6 Å². The molecule has 3 rings (SSSR count). The third kappa shape index (κ3) is 3.46. The van der Waals surface area contributed by atoms with Crippen molar-refractivity contribution in [1.82, 2.24) is 14.9 Å². The van der Waals surface area contributed by atoms with Gasteiger partial charge in [0.05, 0.1) is 13.2 Å².